The lowest BCUT2D eigenvalue weighted by molar-refractivity contribution is -0.878. The van der Waals surface area contributed by atoms with E-state index in [4.69, 9.17) is 0 Å². The molecular formula is C11H15NO. The molecule has 1 fully saturated rings. The van der Waals surface area contributed by atoms with Crippen molar-refractivity contribution in [2.24, 2.45) is 0 Å². The molecule has 13 heavy (non-hydrogen) atoms. The third kappa shape index (κ3) is 1.60. The van der Waals surface area contributed by atoms with Gasteiger partial charge in [0, 0.05) is 18.4 Å². The molecule has 1 aliphatic heterocycles. The number of hydrogen-bond acceptors (Lipinski definition) is 1. The average Bonchev–Trinajstić information content (AvgIpc) is 2.47. The standard InChI is InChI=1S/C11H15NO/c1-12(13)9-5-8-11(12)10-6-3-2-4-7-10/h2-4,6-7,11H,5,8-9H2,1H3/t11-,12?/m1/s1. The van der Waals surface area contributed by atoms with Crippen LogP contribution in [0.25, 0.3) is 0 Å². The molecular weight excluding hydrogens is 162 g/mol. The Hall–Kier alpha value is -0.860. The fraction of sp³-hybridized carbons (Fsp3) is 0.455. The van der Waals surface area contributed by atoms with Gasteiger partial charge < -0.3 is 9.85 Å². The van der Waals surface area contributed by atoms with Gasteiger partial charge in [-0.05, 0) is 0 Å². The van der Waals surface area contributed by atoms with Gasteiger partial charge in [0.15, 0.2) is 0 Å². The van der Waals surface area contributed by atoms with Crippen molar-refractivity contribution in [3.8, 4) is 0 Å². The number of likely N-dealkylation sites (tertiary alicyclic amines) is 1. The van der Waals surface area contributed by atoms with Gasteiger partial charge in [0.25, 0.3) is 0 Å². The molecule has 0 spiro atoms. The molecule has 2 heteroatoms. The van der Waals surface area contributed by atoms with Crippen LogP contribution in [0, 0.1) is 5.21 Å². The highest BCUT2D eigenvalue weighted by Gasteiger charge is 2.31. The van der Waals surface area contributed by atoms with E-state index in [2.05, 4.69) is 12.1 Å². The van der Waals surface area contributed by atoms with Crippen LogP contribution in [0.5, 0.6) is 0 Å². The smallest absolute Gasteiger partial charge is 0.114 e. The van der Waals surface area contributed by atoms with Gasteiger partial charge >= 0.3 is 0 Å². The average molecular weight is 177 g/mol. The van der Waals surface area contributed by atoms with Gasteiger partial charge in [0.2, 0.25) is 0 Å². The number of hydrogen-bond donors (Lipinski definition) is 0. The van der Waals surface area contributed by atoms with E-state index in [-0.39, 0.29) is 10.7 Å². The van der Waals surface area contributed by atoms with Crippen molar-refractivity contribution < 1.29 is 4.65 Å². The molecule has 70 valence electrons. The number of benzene rings is 1. The molecule has 2 atom stereocenters. The Kier molecular flexibility index (Phi) is 2.10. The molecule has 1 heterocycles. The van der Waals surface area contributed by atoms with Crippen LogP contribution >= 0.6 is 0 Å². The van der Waals surface area contributed by atoms with Gasteiger partial charge in [-0.15, -0.1) is 0 Å². The van der Waals surface area contributed by atoms with E-state index < -0.39 is 0 Å². The number of quaternary nitrogens is 1. The number of rotatable bonds is 1. The lowest BCUT2D eigenvalue weighted by atomic mass is 10.1. The number of hydroxylamine groups is 3. The SMILES string of the molecule is C[N+]1([O-])CCC[C@@H]1c1ccccc1. The van der Waals surface area contributed by atoms with Crippen LogP contribution in [0.3, 0.4) is 0 Å². The highest BCUT2D eigenvalue weighted by atomic mass is 16.5. The summed E-state index contributed by atoms with van der Waals surface area (Å²) in [5, 5.41) is 12.0. The minimum Gasteiger partial charge on any atom is -0.633 e. The Bertz CT molecular complexity index is 281. The number of nitrogens with zero attached hydrogens (tertiary/aromatic N) is 1. The van der Waals surface area contributed by atoms with Crippen molar-refractivity contribution in [2.45, 2.75) is 18.9 Å². The van der Waals surface area contributed by atoms with Crippen LogP contribution in [0.2, 0.25) is 0 Å². The largest absolute Gasteiger partial charge is 0.633 e. The minimum absolute atomic E-state index is 0.0932. The molecule has 1 saturated heterocycles. The Morgan fingerprint density at radius 3 is 2.54 bits per heavy atom. The molecule has 0 aliphatic carbocycles. The molecule has 1 unspecified atom stereocenters. The summed E-state index contributed by atoms with van der Waals surface area (Å²) >= 11 is 0. The van der Waals surface area contributed by atoms with Crippen LogP contribution in [0.15, 0.2) is 30.3 Å². The molecule has 0 saturated carbocycles. The summed E-state index contributed by atoms with van der Waals surface area (Å²) in [5.41, 5.74) is 1.19. The lowest BCUT2D eigenvalue weighted by Gasteiger charge is -2.40. The van der Waals surface area contributed by atoms with E-state index in [0.717, 1.165) is 19.4 Å². The predicted octanol–water partition coefficient (Wildman–Crippen LogP) is 2.47. The topological polar surface area (TPSA) is 23.1 Å². The highest BCUT2D eigenvalue weighted by Crippen LogP contribution is 2.36. The van der Waals surface area contributed by atoms with E-state index in [1.807, 2.05) is 18.2 Å². The van der Waals surface area contributed by atoms with E-state index in [0.29, 0.717) is 0 Å². The molecule has 0 aromatic heterocycles. The van der Waals surface area contributed by atoms with Crippen LogP contribution in [0.1, 0.15) is 24.4 Å². The van der Waals surface area contributed by atoms with Crippen molar-refractivity contribution in [3.05, 3.63) is 41.1 Å². The first-order valence-corrected chi connectivity index (χ1v) is 4.81. The summed E-state index contributed by atoms with van der Waals surface area (Å²) in [6.45, 7) is 0.763. The summed E-state index contributed by atoms with van der Waals surface area (Å²) in [6, 6.07) is 10.3. The second-order valence-electron chi connectivity index (χ2n) is 3.97. The van der Waals surface area contributed by atoms with Gasteiger partial charge in [-0.2, -0.15) is 0 Å². The summed E-state index contributed by atoms with van der Waals surface area (Å²) in [6.07, 6.45) is 2.09. The lowest BCUT2D eigenvalue weighted by Crippen LogP contribution is -2.36. The summed E-state index contributed by atoms with van der Waals surface area (Å²) < 4.78 is -0.0932. The normalized spacial score (nSPS) is 33.5. The maximum atomic E-state index is 12.0. The third-order valence-electron chi connectivity index (χ3n) is 2.92. The Labute approximate surface area is 79.0 Å². The maximum Gasteiger partial charge on any atom is 0.114 e. The maximum absolute atomic E-state index is 12.0. The van der Waals surface area contributed by atoms with Gasteiger partial charge in [-0.25, -0.2) is 0 Å². The molecule has 1 aromatic carbocycles. The summed E-state index contributed by atoms with van der Waals surface area (Å²) in [7, 11) is 1.78. The second-order valence-corrected chi connectivity index (χ2v) is 3.97. The molecule has 0 bridgehead atoms. The summed E-state index contributed by atoms with van der Waals surface area (Å²) in [5.74, 6) is 0. The Morgan fingerprint density at radius 1 is 1.31 bits per heavy atom. The summed E-state index contributed by atoms with van der Waals surface area (Å²) in [4.78, 5) is 0. The van der Waals surface area contributed by atoms with Crippen molar-refractivity contribution >= 4 is 0 Å². The second kappa shape index (κ2) is 3.13. The predicted molar refractivity (Wildman–Crippen MR) is 52.8 cm³/mol. The molecule has 2 nitrogen and oxygen atoms in total. The molecule has 2 rings (SSSR count). The minimum atomic E-state index is -0.0932. The van der Waals surface area contributed by atoms with Crippen molar-refractivity contribution in [1.29, 1.82) is 0 Å². The van der Waals surface area contributed by atoms with Gasteiger partial charge in [-0.3, -0.25) is 0 Å². The molecule has 1 aliphatic rings. The molecule has 0 radical (unpaired) electrons. The van der Waals surface area contributed by atoms with Gasteiger partial charge in [-0.1, -0.05) is 30.3 Å². The zero-order valence-electron chi connectivity index (χ0n) is 7.94. The van der Waals surface area contributed by atoms with Crippen LogP contribution < -0.4 is 0 Å². The van der Waals surface area contributed by atoms with Crippen LogP contribution in [-0.2, 0) is 0 Å². The van der Waals surface area contributed by atoms with Gasteiger partial charge in [0.05, 0.1) is 13.6 Å². The molecule has 1 aromatic rings. The van der Waals surface area contributed by atoms with Crippen molar-refractivity contribution in [2.75, 3.05) is 13.6 Å². The highest BCUT2D eigenvalue weighted by molar-refractivity contribution is 5.18. The Balaban J connectivity index is 2.27. The fourth-order valence-corrected chi connectivity index (χ4v) is 2.18. The van der Waals surface area contributed by atoms with Crippen molar-refractivity contribution in [3.63, 3.8) is 0 Å². The quantitative estimate of drug-likeness (QED) is 0.477. The third-order valence-corrected chi connectivity index (χ3v) is 2.92. The first-order chi connectivity index (χ1) is 6.20. The fourth-order valence-electron chi connectivity index (χ4n) is 2.18. The molecule has 0 amide bonds. The zero-order valence-corrected chi connectivity index (χ0v) is 7.94. The van der Waals surface area contributed by atoms with Gasteiger partial charge in [0.1, 0.15) is 6.04 Å². The first kappa shape index (κ1) is 8.73. The van der Waals surface area contributed by atoms with E-state index in [1.54, 1.807) is 7.05 Å². The zero-order chi connectivity index (χ0) is 9.31. The van der Waals surface area contributed by atoms with E-state index in [1.165, 1.54) is 5.56 Å². The monoisotopic (exact) mass is 177 g/mol. The van der Waals surface area contributed by atoms with Crippen LogP contribution in [-0.4, -0.2) is 18.2 Å². The first-order valence-electron chi connectivity index (χ1n) is 4.81. The molecule has 0 N–H and O–H groups in total. The van der Waals surface area contributed by atoms with Crippen molar-refractivity contribution in [1.82, 2.24) is 0 Å². The Morgan fingerprint density at radius 2 is 2.00 bits per heavy atom. The van der Waals surface area contributed by atoms with E-state index in [9.17, 15) is 5.21 Å². The van der Waals surface area contributed by atoms with E-state index >= 15 is 0 Å². The van der Waals surface area contributed by atoms with Crippen LogP contribution in [0.4, 0.5) is 0 Å².